The SMILES string of the molecule is Cc1ccc(CC(C)NC(=O)[C@@H]2CC[C@H](CN)O2)s1. The van der Waals surface area contributed by atoms with Crippen LogP contribution in [0, 0.1) is 6.92 Å². The van der Waals surface area contributed by atoms with E-state index in [1.54, 1.807) is 11.3 Å². The van der Waals surface area contributed by atoms with Crippen molar-refractivity contribution in [2.24, 2.45) is 5.73 Å². The molecule has 19 heavy (non-hydrogen) atoms. The highest BCUT2D eigenvalue weighted by Crippen LogP contribution is 2.20. The van der Waals surface area contributed by atoms with Crippen molar-refractivity contribution in [2.45, 2.75) is 51.4 Å². The van der Waals surface area contributed by atoms with Gasteiger partial charge in [-0.15, -0.1) is 11.3 Å². The van der Waals surface area contributed by atoms with Crippen LogP contribution in [0.25, 0.3) is 0 Å². The highest BCUT2D eigenvalue weighted by Gasteiger charge is 2.30. The second kappa shape index (κ2) is 6.50. The molecule has 1 unspecified atom stereocenters. The molecule has 1 fully saturated rings. The van der Waals surface area contributed by atoms with E-state index in [0.29, 0.717) is 6.54 Å². The predicted octanol–water partition coefficient (Wildman–Crippen LogP) is 1.61. The molecule has 2 heterocycles. The van der Waals surface area contributed by atoms with E-state index < -0.39 is 0 Å². The molecular formula is C14H22N2O2S. The van der Waals surface area contributed by atoms with Crippen molar-refractivity contribution < 1.29 is 9.53 Å². The standard InChI is InChI=1S/C14H22N2O2S/c1-9(7-12-5-3-10(2)19-12)16-14(17)13-6-4-11(8-15)18-13/h3,5,9,11,13H,4,6-8,15H2,1-2H3,(H,16,17)/t9?,11-,13+/m1/s1. The van der Waals surface area contributed by atoms with Gasteiger partial charge in [0.1, 0.15) is 6.10 Å². The number of nitrogens with one attached hydrogen (secondary N) is 1. The molecule has 1 amide bonds. The van der Waals surface area contributed by atoms with Crippen LogP contribution in [0.1, 0.15) is 29.5 Å². The summed E-state index contributed by atoms with van der Waals surface area (Å²) in [5, 5.41) is 3.03. The maximum absolute atomic E-state index is 12.0. The quantitative estimate of drug-likeness (QED) is 0.862. The highest BCUT2D eigenvalue weighted by atomic mass is 32.1. The number of rotatable bonds is 5. The Labute approximate surface area is 118 Å². The molecule has 0 aliphatic carbocycles. The fraction of sp³-hybridized carbons (Fsp3) is 0.643. The number of aryl methyl sites for hydroxylation is 1. The van der Waals surface area contributed by atoms with Gasteiger partial charge < -0.3 is 15.8 Å². The van der Waals surface area contributed by atoms with E-state index in [9.17, 15) is 4.79 Å². The number of carbonyl (C=O) groups is 1. The fourth-order valence-electron chi connectivity index (χ4n) is 2.36. The van der Waals surface area contributed by atoms with Crippen LogP contribution < -0.4 is 11.1 Å². The first-order valence-corrected chi connectivity index (χ1v) is 7.61. The van der Waals surface area contributed by atoms with Gasteiger partial charge in [-0.05, 0) is 38.8 Å². The number of nitrogens with two attached hydrogens (primary N) is 1. The van der Waals surface area contributed by atoms with E-state index >= 15 is 0 Å². The molecule has 1 aromatic heterocycles. The second-order valence-electron chi connectivity index (χ2n) is 5.19. The molecule has 3 N–H and O–H groups in total. The summed E-state index contributed by atoms with van der Waals surface area (Å²) in [7, 11) is 0. The molecular weight excluding hydrogens is 260 g/mol. The maximum atomic E-state index is 12.0. The molecule has 5 heteroatoms. The summed E-state index contributed by atoms with van der Waals surface area (Å²) in [5.74, 6) is -0.00303. The summed E-state index contributed by atoms with van der Waals surface area (Å²) in [5.41, 5.74) is 5.55. The van der Waals surface area contributed by atoms with Crippen molar-refractivity contribution >= 4 is 17.2 Å². The van der Waals surface area contributed by atoms with Gasteiger partial charge in [0.15, 0.2) is 0 Å². The largest absolute Gasteiger partial charge is 0.364 e. The average molecular weight is 282 g/mol. The molecule has 1 aromatic rings. The number of carbonyl (C=O) groups excluding carboxylic acids is 1. The van der Waals surface area contributed by atoms with Crippen molar-refractivity contribution in [3.05, 3.63) is 21.9 Å². The zero-order chi connectivity index (χ0) is 13.8. The van der Waals surface area contributed by atoms with Crippen LogP contribution >= 0.6 is 11.3 Å². The third-order valence-electron chi connectivity index (χ3n) is 3.35. The van der Waals surface area contributed by atoms with Crippen LogP contribution in [0.15, 0.2) is 12.1 Å². The van der Waals surface area contributed by atoms with E-state index in [0.717, 1.165) is 19.3 Å². The van der Waals surface area contributed by atoms with Crippen molar-refractivity contribution in [3.8, 4) is 0 Å². The molecule has 0 bridgehead atoms. The summed E-state index contributed by atoms with van der Waals surface area (Å²) in [6.45, 7) is 4.62. The van der Waals surface area contributed by atoms with E-state index in [2.05, 4.69) is 24.4 Å². The van der Waals surface area contributed by atoms with Crippen LogP contribution in [0.5, 0.6) is 0 Å². The van der Waals surface area contributed by atoms with Gasteiger partial charge in [-0.2, -0.15) is 0 Å². The van der Waals surface area contributed by atoms with Gasteiger partial charge in [-0.1, -0.05) is 0 Å². The molecule has 1 saturated heterocycles. The lowest BCUT2D eigenvalue weighted by atomic mass is 10.1. The van der Waals surface area contributed by atoms with E-state index in [1.807, 2.05) is 6.92 Å². The molecule has 3 atom stereocenters. The van der Waals surface area contributed by atoms with Gasteiger partial charge in [0.05, 0.1) is 6.10 Å². The second-order valence-corrected chi connectivity index (χ2v) is 6.56. The Kier molecular flexibility index (Phi) is 4.96. The smallest absolute Gasteiger partial charge is 0.249 e. The van der Waals surface area contributed by atoms with E-state index in [-0.39, 0.29) is 24.2 Å². The lowest BCUT2D eigenvalue weighted by Crippen LogP contribution is -2.41. The first-order valence-electron chi connectivity index (χ1n) is 6.79. The van der Waals surface area contributed by atoms with Gasteiger partial charge in [0.25, 0.3) is 0 Å². The molecule has 0 spiro atoms. The minimum absolute atomic E-state index is 0.00303. The van der Waals surface area contributed by atoms with Crippen LogP contribution in [-0.2, 0) is 16.0 Å². The Morgan fingerprint density at radius 1 is 1.58 bits per heavy atom. The number of amides is 1. The third-order valence-corrected chi connectivity index (χ3v) is 4.38. The van der Waals surface area contributed by atoms with Crippen molar-refractivity contribution in [2.75, 3.05) is 6.54 Å². The average Bonchev–Trinajstić information content (AvgIpc) is 2.98. The Bertz CT molecular complexity index is 433. The van der Waals surface area contributed by atoms with Crippen molar-refractivity contribution in [3.63, 3.8) is 0 Å². The molecule has 0 aromatic carbocycles. The Hall–Kier alpha value is -0.910. The predicted molar refractivity (Wildman–Crippen MR) is 77.3 cm³/mol. The van der Waals surface area contributed by atoms with Crippen molar-refractivity contribution in [1.29, 1.82) is 0 Å². The monoisotopic (exact) mass is 282 g/mol. The molecule has 106 valence electrons. The Morgan fingerprint density at radius 2 is 2.37 bits per heavy atom. The Balaban J connectivity index is 1.79. The van der Waals surface area contributed by atoms with Crippen LogP contribution in [-0.4, -0.2) is 30.7 Å². The molecule has 4 nitrogen and oxygen atoms in total. The number of hydrogen-bond donors (Lipinski definition) is 2. The summed E-state index contributed by atoms with van der Waals surface area (Å²) < 4.78 is 5.59. The van der Waals surface area contributed by atoms with Gasteiger partial charge >= 0.3 is 0 Å². The van der Waals surface area contributed by atoms with Crippen molar-refractivity contribution in [1.82, 2.24) is 5.32 Å². The van der Waals surface area contributed by atoms with E-state index in [1.165, 1.54) is 9.75 Å². The zero-order valence-electron chi connectivity index (χ0n) is 11.5. The summed E-state index contributed by atoms with van der Waals surface area (Å²) in [6.07, 6.45) is 2.26. The first kappa shape index (κ1) is 14.5. The molecule has 1 aliphatic heterocycles. The molecule has 0 saturated carbocycles. The third kappa shape index (κ3) is 4.03. The molecule has 1 aliphatic rings. The maximum Gasteiger partial charge on any atom is 0.249 e. The number of hydrogen-bond acceptors (Lipinski definition) is 4. The minimum atomic E-state index is -0.318. The van der Waals surface area contributed by atoms with Crippen LogP contribution in [0.3, 0.4) is 0 Å². The Morgan fingerprint density at radius 3 is 2.95 bits per heavy atom. The number of ether oxygens (including phenoxy) is 1. The minimum Gasteiger partial charge on any atom is -0.364 e. The van der Waals surface area contributed by atoms with Crippen LogP contribution in [0.4, 0.5) is 0 Å². The summed E-state index contributed by atoms with van der Waals surface area (Å²) in [4.78, 5) is 14.6. The lowest BCUT2D eigenvalue weighted by Gasteiger charge is -2.17. The van der Waals surface area contributed by atoms with Crippen LogP contribution in [0.2, 0.25) is 0 Å². The fourth-order valence-corrected chi connectivity index (χ4v) is 3.37. The summed E-state index contributed by atoms with van der Waals surface area (Å²) in [6, 6.07) is 4.37. The molecule has 0 radical (unpaired) electrons. The van der Waals surface area contributed by atoms with Gasteiger partial charge in [-0.3, -0.25) is 4.79 Å². The van der Waals surface area contributed by atoms with Gasteiger partial charge in [0, 0.05) is 28.8 Å². The van der Waals surface area contributed by atoms with Gasteiger partial charge in [-0.25, -0.2) is 0 Å². The lowest BCUT2D eigenvalue weighted by molar-refractivity contribution is -0.132. The van der Waals surface area contributed by atoms with Gasteiger partial charge in [0.2, 0.25) is 5.91 Å². The van der Waals surface area contributed by atoms with E-state index in [4.69, 9.17) is 10.5 Å². The topological polar surface area (TPSA) is 64.4 Å². The first-order chi connectivity index (χ1) is 9.08. The normalized spacial score (nSPS) is 24.4. The highest BCUT2D eigenvalue weighted by molar-refractivity contribution is 7.11. The number of thiophene rings is 1. The molecule has 2 rings (SSSR count). The summed E-state index contributed by atoms with van der Waals surface area (Å²) >= 11 is 1.78. The zero-order valence-corrected chi connectivity index (χ0v) is 12.3.